The molecule has 0 saturated carbocycles. The molecule has 0 heterocycles. The summed E-state index contributed by atoms with van der Waals surface area (Å²) in [4.78, 5) is 38.4. The lowest BCUT2D eigenvalue weighted by Gasteiger charge is -2.18. The molecule has 0 aromatic carbocycles. The van der Waals surface area contributed by atoms with E-state index >= 15 is 0 Å². The second kappa shape index (κ2) is 66.9. The average Bonchev–Trinajstić information content (AvgIpc) is 3.43. The first-order valence-corrected chi connectivity index (χ1v) is 35.5. The van der Waals surface area contributed by atoms with Crippen molar-refractivity contribution in [2.24, 2.45) is 0 Å². The van der Waals surface area contributed by atoms with Gasteiger partial charge in [-0.15, -0.1) is 0 Å². The number of carbonyl (C=O) groups excluding carboxylic acids is 3. The maximum absolute atomic E-state index is 12.9. The zero-order valence-corrected chi connectivity index (χ0v) is 52.8. The van der Waals surface area contributed by atoms with Crippen molar-refractivity contribution in [3.05, 3.63) is 0 Å². The lowest BCUT2D eigenvalue weighted by atomic mass is 10.0. The molecule has 0 bridgehead atoms. The normalized spacial score (nSPS) is 11.9. The fourth-order valence-electron chi connectivity index (χ4n) is 11.3. The first-order valence-electron chi connectivity index (χ1n) is 35.5. The van der Waals surface area contributed by atoms with E-state index in [9.17, 15) is 14.4 Å². The molecule has 1 unspecified atom stereocenters. The Hall–Kier alpha value is -1.59. The van der Waals surface area contributed by atoms with Crippen molar-refractivity contribution < 1.29 is 28.6 Å². The first-order chi connectivity index (χ1) is 38.0. The van der Waals surface area contributed by atoms with Crippen LogP contribution in [0.25, 0.3) is 0 Å². The summed E-state index contributed by atoms with van der Waals surface area (Å²) in [7, 11) is 0. The fourth-order valence-corrected chi connectivity index (χ4v) is 11.3. The molecule has 0 fully saturated rings. The second-order valence-electron chi connectivity index (χ2n) is 24.5. The van der Waals surface area contributed by atoms with Gasteiger partial charge in [0.15, 0.2) is 6.10 Å². The number of ether oxygens (including phenoxy) is 3. The maximum Gasteiger partial charge on any atom is 0.306 e. The van der Waals surface area contributed by atoms with E-state index in [1.54, 1.807) is 0 Å². The quantitative estimate of drug-likeness (QED) is 0.0343. The summed E-state index contributed by atoms with van der Waals surface area (Å²) in [5.41, 5.74) is 0. The summed E-state index contributed by atoms with van der Waals surface area (Å²) in [6.07, 6.45) is 78.4. The van der Waals surface area contributed by atoms with Gasteiger partial charge in [0, 0.05) is 19.3 Å². The molecule has 0 aliphatic heterocycles. The molecule has 0 aromatic rings. The van der Waals surface area contributed by atoms with Gasteiger partial charge in [-0.2, -0.15) is 0 Å². The van der Waals surface area contributed by atoms with E-state index in [1.807, 2.05) is 0 Å². The summed E-state index contributed by atoms with van der Waals surface area (Å²) in [5, 5.41) is 0. The number of carbonyl (C=O) groups is 3. The van der Waals surface area contributed by atoms with Gasteiger partial charge in [-0.3, -0.25) is 14.4 Å². The Morgan fingerprint density at radius 1 is 0.208 bits per heavy atom. The van der Waals surface area contributed by atoms with E-state index in [2.05, 4.69) is 20.8 Å². The van der Waals surface area contributed by atoms with Gasteiger partial charge in [-0.05, 0) is 19.3 Å². The molecular weight excluding hydrogens is 949 g/mol. The highest BCUT2D eigenvalue weighted by molar-refractivity contribution is 5.71. The van der Waals surface area contributed by atoms with Crippen molar-refractivity contribution >= 4 is 17.9 Å². The third-order valence-corrected chi connectivity index (χ3v) is 16.6. The molecule has 0 aliphatic carbocycles. The Morgan fingerprint density at radius 3 is 0.519 bits per heavy atom. The number of hydrogen-bond donors (Lipinski definition) is 0. The largest absolute Gasteiger partial charge is 0.462 e. The van der Waals surface area contributed by atoms with Crippen LogP contribution in [0.3, 0.4) is 0 Å². The summed E-state index contributed by atoms with van der Waals surface area (Å²) >= 11 is 0. The minimum atomic E-state index is -0.763. The molecule has 1 atom stereocenters. The van der Waals surface area contributed by atoms with Crippen molar-refractivity contribution in [2.75, 3.05) is 13.2 Å². The Balaban J connectivity index is 4.22. The highest BCUT2D eigenvalue weighted by atomic mass is 16.6. The van der Waals surface area contributed by atoms with Gasteiger partial charge in [0.1, 0.15) is 13.2 Å². The van der Waals surface area contributed by atoms with E-state index < -0.39 is 6.10 Å². The Bertz CT molecular complexity index is 1160. The van der Waals surface area contributed by atoms with E-state index in [0.29, 0.717) is 19.3 Å². The lowest BCUT2D eigenvalue weighted by molar-refractivity contribution is -0.167. The van der Waals surface area contributed by atoms with Gasteiger partial charge >= 0.3 is 17.9 Å². The first kappa shape index (κ1) is 75.4. The number of esters is 3. The van der Waals surface area contributed by atoms with Gasteiger partial charge in [0.2, 0.25) is 0 Å². The molecular formula is C71H138O6. The maximum atomic E-state index is 12.9. The summed E-state index contributed by atoms with van der Waals surface area (Å²) in [6.45, 7) is 6.75. The van der Waals surface area contributed by atoms with Gasteiger partial charge in [0.05, 0.1) is 0 Å². The van der Waals surface area contributed by atoms with Gasteiger partial charge in [0.25, 0.3) is 0 Å². The lowest BCUT2D eigenvalue weighted by Crippen LogP contribution is -2.30. The molecule has 6 nitrogen and oxygen atoms in total. The topological polar surface area (TPSA) is 78.9 Å². The molecule has 0 aromatic heterocycles. The van der Waals surface area contributed by atoms with Crippen LogP contribution in [0.2, 0.25) is 0 Å². The molecule has 6 heteroatoms. The van der Waals surface area contributed by atoms with Crippen LogP contribution in [0.15, 0.2) is 0 Å². The zero-order valence-electron chi connectivity index (χ0n) is 52.8. The van der Waals surface area contributed by atoms with Crippen LogP contribution >= 0.6 is 0 Å². The van der Waals surface area contributed by atoms with Crippen LogP contribution in [-0.4, -0.2) is 37.2 Å². The van der Waals surface area contributed by atoms with E-state index in [0.717, 1.165) is 57.8 Å². The standard InChI is InChI=1S/C71H138O6/c1-4-7-10-13-16-19-22-25-28-31-32-33-34-35-36-37-38-41-43-46-49-52-55-58-61-64-70(73)76-67-68(77-71(74)65-62-59-56-53-50-47-44-40-30-27-24-21-18-15-12-9-6-3)66-75-69(72)63-60-57-54-51-48-45-42-39-29-26-23-20-17-14-11-8-5-2/h68H,4-67H2,1-3H3. The van der Waals surface area contributed by atoms with E-state index in [1.165, 1.54) is 321 Å². The van der Waals surface area contributed by atoms with Crippen molar-refractivity contribution in [3.8, 4) is 0 Å². The molecule has 0 spiro atoms. The Kier molecular flexibility index (Phi) is 65.5. The Labute approximate surface area is 482 Å². The molecule has 0 saturated heterocycles. The Morgan fingerprint density at radius 2 is 0.351 bits per heavy atom. The van der Waals surface area contributed by atoms with Crippen molar-refractivity contribution in [2.45, 2.75) is 425 Å². The van der Waals surface area contributed by atoms with Crippen LogP contribution in [0.4, 0.5) is 0 Å². The molecule has 0 amide bonds. The highest BCUT2D eigenvalue weighted by Crippen LogP contribution is 2.19. The predicted molar refractivity (Wildman–Crippen MR) is 335 cm³/mol. The smallest absolute Gasteiger partial charge is 0.306 e. The van der Waals surface area contributed by atoms with Gasteiger partial charge < -0.3 is 14.2 Å². The van der Waals surface area contributed by atoms with Gasteiger partial charge in [-0.25, -0.2) is 0 Å². The van der Waals surface area contributed by atoms with E-state index in [-0.39, 0.29) is 31.1 Å². The number of unbranched alkanes of at least 4 members (excludes halogenated alkanes) is 56. The summed E-state index contributed by atoms with van der Waals surface area (Å²) in [5.74, 6) is -0.818. The summed E-state index contributed by atoms with van der Waals surface area (Å²) < 4.78 is 17.0. The van der Waals surface area contributed by atoms with Crippen molar-refractivity contribution in [1.29, 1.82) is 0 Å². The van der Waals surface area contributed by atoms with Crippen LogP contribution in [0.5, 0.6) is 0 Å². The SMILES string of the molecule is CCCCCCCCCCCCCCCCCCCCCCCCCCCC(=O)OCC(COC(=O)CCCCCCCCCCCCCCCCCCC)OC(=O)CCCCCCCCCCCCCCCCCCC. The van der Waals surface area contributed by atoms with Crippen LogP contribution < -0.4 is 0 Å². The van der Waals surface area contributed by atoms with Crippen LogP contribution in [0, 0.1) is 0 Å². The van der Waals surface area contributed by atoms with Crippen molar-refractivity contribution in [1.82, 2.24) is 0 Å². The molecule has 0 rings (SSSR count). The average molecular weight is 1090 g/mol. The van der Waals surface area contributed by atoms with Crippen molar-refractivity contribution in [3.63, 3.8) is 0 Å². The second-order valence-corrected chi connectivity index (χ2v) is 24.5. The van der Waals surface area contributed by atoms with E-state index in [4.69, 9.17) is 14.2 Å². The van der Waals surface area contributed by atoms with Crippen LogP contribution in [0.1, 0.15) is 419 Å². The summed E-state index contributed by atoms with van der Waals surface area (Å²) in [6, 6.07) is 0. The molecule has 458 valence electrons. The highest BCUT2D eigenvalue weighted by Gasteiger charge is 2.19. The van der Waals surface area contributed by atoms with Gasteiger partial charge in [-0.1, -0.05) is 380 Å². The minimum Gasteiger partial charge on any atom is -0.462 e. The predicted octanol–water partition coefficient (Wildman–Crippen LogP) is 24.2. The van der Waals surface area contributed by atoms with Crippen LogP contribution in [-0.2, 0) is 28.6 Å². The molecule has 0 radical (unpaired) electrons. The molecule has 0 aliphatic rings. The third-order valence-electron chi connectivity index (χ3n) is 16.6. The monoisotopic (exact) mass is 1090 g/mol. The third kappa shape index (κ3) is 65.1. The number of rotatable bonds is 67. The fraction of sp³-hybridized carbons (Fsp3) is 0.958. The number of hydrogen-bond acceptors (Lipinski definition) is 6. The minimum absolute atomic E-state index is 0.0601. The molecule has 77 heavy (non-hydrogen) atoms. The molecule has 0 N–H and O–H groups in total. The zero-order chi connectivity index (χ0) is 55.7.